The molecule has 2 spiro atoms. The van der Waals surface area contributed by atoms with E-state index in [1.54, 1.807) is 25.7 Å². The Morgan fingerprint density at radius 1 is 1.08 bits per heavy atom. The Hall–Kier alpha value is -4.01. The third-order valence-corrected chi connectivity index (χ3v) is 11.1. The number of aromatic nitrogens is 3. The fourth-order valence-corrected chi connectivity index (χ4v) is 8.44. The van der Waals surface area contributed by atoms with E-state index < -0.39 is 41.3 Å². The third kappa shape index (κ3) is 7.56. The van der Waals surface area contributed by atoms with Gasteiger partial charge in [-0.2, -0.15) is 8.78 Å². The van der Waals surface area contributed by atoms with Crippen LogP contribution in [0.3, 0.4) is 0 Å². The predicted octanol–water partition coefficient (Wildman–Crippen LogP) is 6.31. The summed E-state index contributed by atoms with van der Waals surface area (Å²) in [6.45, 7) is 15.2. The van der Waals surface area contributed by atoms with Crippen molar-refractivity contribution in [3.63, 3.8) is 0 Å². The van der Waals surface area contributed by atoms with Gasteiger partial charge in [-0.05, 0) is 117 Å². The molecule has 3 aliphatic heterocycles. The Labute approximate surface area is 303 Å². The number of hydrogen-bond donors (Lipinski definition) is 0. The van der Waals surface area contributed by atoms with Gasteiger partial charge >= 0.3 is 17.9 Å². The maximum atomic E-state index is 14.7. The first-order valence-corrected chi connectivity index (χ1v) is 18.3. The molecule has 3 saturated heterocycles. The highest BCUT2D eigenvalue weighted by molar-refractivity contribution is 5.99. The van der Waals surface area contributed by atoms with Crippen molar-refractivity contribution in [2.24, 2.45) is 11.3 Å². The van der Waals surface area contributed by atoms with E-state index in [4.69, 9.17) is 9.47 Å². The highest BCUT2D eigenvalue weighted by Gasteiger charge is 2.64. The van der Waals surface area contributed by atoms with Crippen LogP contribution in [0.1, 0.15) is 96.8 Å². The number of hydrogen-bond acceptors (Lipinski definition) is 10. The van der Waals surface area contributed by atoms with Crippen molar-refractivity contribution in [1.29, 1.82) is 0 Å². The molecular weight excluding hydrogens is 679 g/mol. The minimum atomic E-state index is -3.58. The molecule has 6 rings (SSSR count). The first kappa shape index (κ1) is 37.7. The van der Waals surface area contributed by atoms with Gasteiger partial charge in [-0.15, -0.1) is 10.2 Å². The summed E-state index contributed by atoms with van der Waals surface area (Å²) in [5.74, 6) is -4.81. The van der Waals surface area contributed by atoms with Crippen LogP contribution >= 0.6 is 0 Å². The third-order valence-electron chi connectivity index (χ3n) is 11.1. The van der Waals surface area contributed by atoms with Gasteiger partial charge < -0.3 is 24.2 Å². The largest absolute Gasteiger partial charge is 0.443 e. The number of alkyl halides is 2. The molecular formula is C37H50F3N7O5. The molecule has 2 aromatic rings. The number of piperidine rings is 1. The Morgan fingerprint density at radius 2 is 1.75 bits per heavy atom. The minimum Gasteiger partial charge on any atom is -0.443 e. The molecule has 15 heteroatoms. The Morgan fingerprint density at radius 3 is 2.37 bits per heavy atom. The standard InChI is InChI=1S/C37H50F3N7O5/c1-7-46(24(2)3)31(48)27-18-26(38)8-9-28(27)51-30-29(41-23-42-43-30)45-21-35(22-45)14-16-44(17-15-35)19-25-10-12-36(13-11-25)20-37(39,40)32(49)47(36)33(50)52-34(4,5)6/h8-9,18,23-25H,7,10-17,19-22H2,1-6H3. The van der Waals surface area contributed by atoms with E-state index in [9.17, 15) is 27.6 Å². The lowest BCUT2D eigenvalue weighted by Crippen LogP contribution is -2.61. The molecule has 284 valence electrons. The second-order valence-electron chi connectivity index (χ2n) is 16.3. The molecule has 1 aliphatic carbocycles. The van der Waals surface area contributed by atoms with Crippen LogP contribution in [0.25, 0.3) is 0 Å². The maximum Gasteiger partial charge on any atom is 0.417 e. The summed E-state index contributed by atoms with van der Waals surface area (Å²) in [6, 6.07) is 3.76. The van der Waals surface area contributed by atoms with Crippen LogP contribution in [0.5, 0.6) is 11.6 Å². The topological polar surface area (TPSA) is 121 Å². The first-order valence-electron chi connectivity index (χ1n) is 18.3. The van der Waals surface area contributed by atoms with Gasteiger partial charge in [0.1, 0.15) is 23.5 Å². The van der Waals surface area contributed by atoms with Gasteiger partial charge in [-0.3, -0.25) is 9.59 Å². The predicted molar refractivity (Wildman–Crippen MR) is 186 cm³/mol. The van der Waals surface area contributed by atoms with Crippen molar-refractivity contribution >= 4 is 23.7 Å². The van der Waals surface area contributed by atoms with E-state index in [-0.39, 0.29) is 40.5 Å². The molecule has 0 N–H and O–H groups in total. The smallest absolute Gasteiger partial charge is 0.417 e. The van der Waals surface area contributed by atoms with Crippen molar-refractivity contribution in [3.8, 4) is 11.6 Å². The van der Waals surface area contributed by atoms with Gasteiger partial charge in [0.05, 0.1) is 11.1 Å². The summed E-state index contributed by atoms with van der Waals surface area (Å²) >= 11 is 0. The fraction of sp³-hybridized carbons (Fsp3) is 0.676. The summed E-state index contributed by atoms with van der Waals surface area (Å²) in [4.78, 5) is 50.3. The maximum absolute atomic E-state index is 14.7. The summed E-state index contributed by atoms with van der Waals surface area (Å²) < 4.78 is 55.2. The summed E-state index contributed by atoms with van der Waals surface area (Å²) in [7, 11) is 0. The highest BCUT2D eigenvalue weighted by atomic mass is 19.3. The van der Waals surface area contributed by atoms with Gasteiger partial charge in [0.15, 0.2) is 5.82 Å². The molecule has 1 aromatic heterocycles. The van der Waals surface area contributed by atoms with Crippen molar-refractivity contribution in [2.75, 3.05) is 44.2 Å². The number of rotatable bonds is 8. The van der Waals surface area contributed by atoms with Gasteiger partial charge in [0, 0.05) is 44.1 Å². The van der Waals surface area contributed by atoms with Crippen LogP contribution in [0.2, 0.25) is 0 Å². The zero-order valence-corrected chi connectivity index (χ0v) is 31.0. The van der Waals surface area contributed by atoms with Crippen LogP contribution in [-0.2, 0) is 9.53 Å². The Bertz CT molecular complexity index is 1660. The van der Waals surface area contributed by atoms with Crippen molar-refractivity contribution in [3.05, 3.63) is 35.9 Å². The van der Waals surface area contributed by atoms with Crippen molar-refractivity contribution in [1.82, 2.24) is 29.9 Å². The molecule has 1 saturated carbocycles. The fourth-order valence-electron chi connectivity index (χ4n) is 8.44. The van der Waals surface area contributed by atoms with Crippen LogP contribution < -0.4 is 9.64 Å². The van der Waals surface area contributed by atoms with E-state index in [1.165, 1.54) is 24.5 Å². The SMILES string of the molecule is CCN(C(=O)c1cc(F)ccc1Oc1nncnc1N1CC2(CCN(CC3CCC4(CC3)CC(F)(F)C(=O)N4C(=O)OC(C)(C)C)CC2)C1)C(C)C. The molecule has 0 atom stereocenters. The lowest BCUT2D eigenvalue weighted by molar-refractivity contribution is -0.148. The van der Waals surface area contributed by atoms with Gasteiger partial charge in [0.2, 0.25) is 0 Å². The number of halogens is 3. The van der Waals surface area contributed by atoms with E-state index in [1.807, 2.05) is 20.8 Å². The molecule has 4 fully saturated rings. The minimum absolute atomic E-state index is 0.0858. The number of carbonyl (C=O) groups excluding carboxylic acids is 3. The normalized spacial score (nSPS) is 24.3. The first-order chi connectivity index (χ1) is 24.4. The number of amides is 3. The van der Waals surface area contributed by atoms with Crippen LogP contribution in [0, 0.1) is 17.2 Å². The number of ether oxygens (including phenoxy) is 2. The molecule has 4 heterocycles. The summed E-state index contributed by atoms with van der Waals surface area (Å²) in [5, 5.41) is 8.10. The summed E-state index contributed by atoms with van der Waals surface area (Å²) in [6.07, 6.45) is 3.64. The second-order valence-corrected chi connectivity index (χ2v) is 16.3. The molecule has 1 aromatic carbocycles. The molecule has 12 nitrogen and oxygen atoms in total. The molecule has 0 bridgehead atoms. The van der Waals surface area contributed by atoms with Gasteiger partial charge in [0.25, 0.3) is 11.8 Å². The molecule has 52 heavy (non-hydrogen) atoms. The zero-order valence-electron chi connectivity index (χ0n) is 31.0. The van der Waals surface area contributed by atoms with Gasteiger partial charge in [-0.1, -0.05) is 0 Å². The zero-order chi connectivity index (χ0) is 37.6. The van der Waals surface area contributed by atoms with Crippen LogP contribution in [0.4, 0.5) is 23.8 Å². The number of likely N-dealkylation sites (tertiary alicyclic amines) is 2. The number of benzene rings is 1. The van der Waals surface area contributed by atoms with Crippen molar-refractivity contribution in [2.45, 2.75) is 110 Å². The number of nitrogens with zero attached hydrogens (tertiary/aromatic N) is 7. The monoisotopic (exact) mass is 729 g/mol. The average molecular weight is 730 g/mol. The Balaban J connectivity index is 1.03. The molecule has 3 amide bonds. The Kier molecular flexibility index (Phi) is 10.2. The molecule has 4 aliphatic rings. The van der Waals surface area contributed by atoms with E-state index >= 15 is 0 Å². The highest BCUT2D eigenvalue weighted by Crippen LogP contribution is 2.51. The van der Waals surface area contributed by atoms with E-state index in [2.05, 4.69) is 25.0 Å². The van der Waals surface area contributed by atoms with Crippen LogP contribution in [0.15, 0.2) is 24.5 Å². The number of imide groups is 1. The lowest BCUT2D eigenvalue weighted by Gasteiger charge is -2.54. The number of carbonyl (C=O) groups is 3. The van der Waals surface area contributed by atoms with Crippen molar-refractivity contribution < 1.29 is 37.0 Å². The summed E-state index contributed by atoms with van der Waals surface area (Å²) in [5.41, 5.74) is -1.92. The van der Waals surface area contributed by atoms with Gasteiger partial charge in [-0.25, -0.2) is 19.1 Å². The van der Waals surface area contributed by atoms with E-state index in [0.29, 0.717) is 38.0 Å². The molecule has 0 radical (unpaired) electrons. The lowest BCUT2D eigenvalue weighted by atomic mass is 9.71. The number of anilines is 1. The molecule has 0 unspecified atom stereocenters. The average Bonchev–Trinajstić information content (AvgIpc) is 3.25. The second kappa shape index (κ2) is 14.1. The quantitative estimate of drug-likeness (QED) is 0.306. The van der Waals surface area contributed by atoms with Crippen LogP contribution in [-0.4, -0.2) is 110 Å². The van der Waals surface area contributed by atoms with E-state index in [0.717, 1.165) is 50.5 Å².